The highest BCUT2D eigenvalue weighted by Gasteiger charge is 2.02. The molecule has 2 heteroatoms. The lowest BCUT2D eigenvalue weighted by atomic mass is 10.0. The van der Waals surface area contributed by atoms with Gasteiger partial charge >= 0.3 is 0 Å². The van der Waals surface area contributed by atoms with Gasteiger partial charge in [0, 0.05) is 6.04 Å². The number of hydrogen-bond acceptors (Lipinski definition) is 2. The Hall–Kier alpha value is -1.38. The van der Waals surface area contributed by atoms with Crippen LogP contribution in [0.15, 0.2) is 42.5 Å². The third-order valence-corrected chi connectivity index (χ3v) is 2.31. The zero-order chi connectivity index (χ0) is 12.0. The van der Waals surface area contributed by atoms with Gasteiger partial charge in [-0.2, -0.15) is 0 Å². The van der Waals surface area contributed by atoms with Gasteiger partial charge in [0.15, 0.2) is 0 Å². The van der Waals surface area contributed by atoms with Crippen molar-refractivity contribution in [3.8, 4) is 0 Å². The number of hydrogen-bond donors (Lipinski definition) is 2. The molecule has 4 N–H and O–H groups in total. The summed E-state index contributed by atoms with van der Waals surface area (Å²) in [5.74, 6) is 0. The molecule has 0 aliphatic heterocycles. The summed E-state index contributed by atoms with van der Waals surface area (Å²) in [7, 11) is 0. The number of rotatable bonds is 1. The van der Waals surface area contributed by atoms with Crippen LogP contribution in [-0.4, -0.2) is 6.54 Å². The Labute approximate surface area is 97.3 Å². The van der Waals surface area contributed by atoms with Crippen LogP contribution in [-0.2, 0) is 0 Å². The molecule has 86 valence electrons. The van der Waals surface area contributed by atoms with E-state index >= 15 is 0 Å². The molecule has 2 aromatic rings. The van der Waals surface area contributed by atoms with E-state index in [-0.39, 0.29) is 6.04 Å². The van der Waals surface area contributed by atoms with Crippen molar-refractivity contribution in [1.29, 1.82) is 0 Å². The van der Waals surface area contributed by atoms with Crippen LogP contribution in [0, 0.1) is 0 Å². The van der Waals surface area contributed by atoms with Crippen molar-refractivity contribution >= 4 is 10.8 Å². The fourth-order valence-electron chi connectivity index (χ4n) is 1.65. The fraction of sp³-hybridized carbons (Fsp3) is 0.286. The maximum atomic E-state index is 5.88. The highest BCUT2D eigenvalue weighted by atomic mass is 14.6. The van der Waals surface area contributed by atoms with Crippen molar-refractivity contribution < 1.29 is 0 Å². The third-order valence-electron chi connectivity index (χ3n) is 2.31. The summed E-state index contributed by atoms with van der Waals surface area (Å²) in [6.45, 7) is 4.67. The molecule has 0 spiro atoms. The molecule has 0 aliphatic carbocycles. The second-order valence-electron chi connectivity index (χ2n) is 3.77. The van der Waals surface area contributed by atoms with E-state index in [1.165, 1.54) is 16.3 Å². The summed E-state index contributed by atoms with van der Waals surface area (Å²) < 4.78 is 0. The van der Waals surface area contributed by atoms with E-state index in [0.717, 1.165) is 6.54 Å². The van der Waals surface area contributed by atoms with Crippen molar-refractivity contribution in [1.82, 2.24) is 0 Å². The maximum absolute atomic E-state index is 5.88. The van der Waals surface area contributed by atoms with Gasteiger partial charge in [-0.3, -0.25) is 0 Å². The smallest absolute Gasteiger partial charge is 0.0272 e. The van der Waals surface area contributed by atoms with Gasteiger partial charge in [0.2, 0.25) is 0 Å². The molecule has 0 unspecified atom stereocenters. The Morgan fingerprint density at radius 3 is 2.25 bits per heavy atom. The van der Waals surface area contributed by atoms with E-state index in [2.05, 4.69) is 30.3 Å². The normalized spacial score (nSPS) is 11.8. The quantitative estimate of drug-likeness (QED) is 0.770. The molecule has 2 nitrogen and oxygen atoms in total. The summed E-state index contributed by atoms with van der Waals surface area (Å²) in [5.41, 5.74) is 11.9. The molecule has 0 fully saturated rings. The van der Waals surface area contributed by atoms with Crippen LogP contribution in [0.25, 0.3) is 10.8 Å². The monoisotopic (exact) mass is 216 g/mol. The van der Waals surface area contributed by atoms with Crippen molar-refractivity contribution in [2.45, 2.75) is 19.9 Å². The molecule has 0 saturated carbocycles. The largest absolute Gasteiger partial charge is 0.331 e. The van der Waals surface area contributed by atoms with E-state index in [4.69, 9.17) is 11.5 Å². The zero-order valence-electron chi connectivity index (χ0n) is 9.98. The Morgan fingerprint density at radius 1 is 1.06 bits per heavy atom. The van der Waals surface area contributed by atoms with Gasteiger partial charge in [-0.25, -0.2) is 0 Å². The average molecular weight is 216 g/mol. The minimum absolute atomic E-state index is 0.103. The van der Waals surface area contributed by atoms with Crippen molar-refractivity contribution in [2.75, 3.05) is 6.54 Å². The van der Waals surface area contributed by atoms with Crippen LogP contribution in [0.1, 0.15) is 25.5 Å². The van der Waals surface area contributed by atoms with Gasteiger partial charge in [-0.1, -0.05) is 49.4 Å². The maximum Gasteiger partial charge on any atom is 0.0272 e. The molecular formula is C14H20N2. The highest BCUT2D eigenvalue weighted by molar-refractivity contribution is 5.85. The topological polar surface area (TPSA) is 52.0 Å². The molecule has 1 atom stereocenters. The predicted molar refractivity (Wildman–Crippen MR) is 71.3 cm³/mol. The van der Waals surface area contributed by atoms with Gasteiger partial charge in [0.1, 0.15) is 0 Å². The fourth-order valence-corrected chi connectivity index (χ4v) is 1.65. The molecular weight excluding hydrogens is 196 g/mol. The predicted octanol–water partition coefficient (Wildman–Crippen LogP) is 2.82. The first kappa shape index (κ1) is 12.7. The minimum Gasteiger partial charge on any atom is -0.331 e. The molecule has 0 aliphatic rings. The Balaban J connectivity index is 0.000000386. The van der Waals surface area contributed by atoms with E-state index in [9.17, 15) is 0 Å². The molecule has 0 saturated heterocycles. The Morgan fingerprint density at radius 2 is 1.62 bits per heavy atom. The lowest BCUT2D eigenvalue weighted by Gasteiger charge is -2.09. The Bertz CT molecular complexity index is 430. The van der Waals surface area contributed by atoms with Crippen molar-refractivity contribution in [3.63, 3.8) is 0 Å². The van der Waals surface area contributed by atoms with Crippen molar-refractivity contribution in [2.24, 2.45) is 11.5 Å². The van der Waals surface area contributed by atoms with Crippen LogP contribution in [0.2, 0.25) is 0 Å². The third kappa shape index (κ3) is 3.05. The summed E-state index contributed by atoms with van der Waals surface area (Å²) in [6, 6.07) is 14.7. The molecule has 2 rings (SSSR count). The van der Waals surface area contributed by atoms with Crippen LogP contribution in [0.5, 0.6) is 0 Å². The van der Waals surface area contributed by atoms with Gasteiger partial charge < -0.3 is 11.5 Å². The summed E-state index contributed by atoms with van der Waals surface area (Å²) in [5, 5.41) is 2.53. The zero-order valence-corrected chi connectivity index (χ0v) is 9.98. The standard InChI is InChI=1S/C12H13N.C2H7N/c1-9(13)11-8-4-6-10-5-2-3-7-12(10)11;1-2-3/h2-9H,13H2,1H3;2-3H2,1H3/t9-;/m1./s1. The second kappa shape index (κ2) is 6.26. The van der Waals surface area contributed by atoms with Gasteiger partial charge in [-0.05, 0) is 29.8 Å². The highest BCUT2D eigenvalue weighted by Crippen LogP contribution is 2.22. The number of nitrogens with two attached hydrogens (primary N) is 2. The minimum atomic E-state index is 0.103. The van der Waals surface area contributed by atoms with E-state index < -0.39 is 0 Å². The SMILES string of the molecule is CCN.C[C@@H](N)c1cccc2ccccc12. The van der Waals surface area contributed by atoms with Gasteiger partial charge in [0.25, 0.3) is 0 Å². The van der Waals surface area contributed by atoms with Crippen LogP contribution < -0.4 is 11.5 Å². The molecule has 0 aromatic heterocycles. The molecule has 0 amide bonds. The molecule has 0 bridgehead atoms. The lowest BCUT2D eigenvalue weighted by Crippen LogP contribution is -2.05. The second-order valence-corrected chi connectivity index (χ2v) is 3.77. The van der Waals surface area contributed by atoms with Crippen LogP contribution >= 0.6 is 0 Å². The summed E-state index contributed by atoms with van der Waals surface area (Å²) in [6.07, 6.45) is 0. The average Bonchev–Trinajstić information content (AvgIpc) is 2.29. The molecule has 0 heterocycles. The first-order valence-electron chi connectivity index (χ1n) is 5.64. The van der Waals surface area contributed by atoms with Gasteiger partial charge in [0.05, 0.1) is 0 Å². The first-order valence-corrected chi connectivity index (χ1v) is 5.64. The van der Waals surface area contributed by atoms with Crippen LogP contribution in [0.3, 0.4) is 0 Å². The summed E-state index contributed by atoms with van der Waals surface area (Å²) >= 11 is 0. The lowest BCUT2D eigenvalue weighted by molar-refractivity contribution is 0.827. The van der Waals surface area contributed by atoms with E-state index in [0.29, 0.717) is 0 Å². The molecule has 2 aromatic carbocycles. The van der Waals surface area contributed by atoms with E-state index in [1.54, 1.807) is 0 Å². The molecule has 16 heavy (non-hydrogen) atoms. The molecule has 0 radical (unpaired) electrons. The number of fused-ring (bicyclic) bond motifs is 1. The Kier molecular flexibility index (Phi) is 4.96. The van der Waals surface area contributed by atoms with Crippen molar-refractivity contribution in [3.05, 3.63) is 48.0 Å². The number of benzene rings is 2. The first-order chi connectivity index (χ1) is 7.70. The summed E-state index contributed by atoms with van der Waals surface area (Å²) in [4.78, 5) is 0. The van der Waals surface area contributed by atoms with Gasteiger partial charge in [-0.15, -0.1) is 0 Å². The van der Waals surface area contributed by atoms with Crippen LogP contribution in [0.4, 0.5) is 0 Å². The van der Waals surface area contributed by atoms with E-state index in [1.807, 2.05) is 26.0 Å².